The number of carbonyl (C=O) groups is 1. The summed E-state index contributed by atoms with van der Waals surface area (Å²) in [6, 6.07) is 11.2. The van der Waals surface area contributed by atoms with Crippen molar-refractivity contribution in [3.63, 3.8) is 0 Å². The van der Waals surface area contributed by atoms with Crippen LogP contribution in [0.5, 0.6) is 28.7 Å². The van der Waals surface area contributed by atoms with Gasteiger partial charge in [-0.05, 0) is 48.9 Å². The van der Waals surface area contributed by atoms with Crippen molar-refractivity contribution < 1.29 is 32.9 Å². The van der Waals surface area contributed by atoms with Gasteiger partial charge in [0.2, 0.25) is 11.5 Å². The van der Waals surface area contributed by atoms with Crippen LogP contribution in [0.15, 0.2) is 48.2 Å². The molecule has 0 aromatic heterocycles. The largest absolute Gasteiger partial charge is 0.493 e. The molecule has 3 aromatic carbocycles. The summed E-state index contributed by atoms with van der Waals surface area (Å²) in [6.07, 6.45) is 1.59. The molecule has 0 amide bonds. The number of hydrogen-bond acceptors (Lipinski definition) is 6. The van der Waals surface area contributed by atoms with E-state index < -0.39 is 5.82 Å². The second-order valence-electron chi connectivity index (χ2n) is 7.47. The Morgan fingerprint density at radius 2 is 1.79 bits per heavy atom. The van der Waals surface area contributed by atoms with Gasteiger partial charge in [0.05, 0.1) is 31.9 Å². The Hall–Kier alpha value is -3.71. The quantitative estimate of drug-likeness (QED) is 0.383. The Bertz CT molecular complexity index is 1280. The number of hydrogen-bond donors (Lipinski definition) is 0. The first kappa shape index (κ1) is 23.4. The third-order valence-electron chi connectivity index (χ3n) is 5.41. The molecule has 1 heterocycles. The lowest BCUT2D eigenvalue weighted by Gasteiger charge is -2.14. The molecule has 176 valence electrons. The van der Waals surface area contributed by atoms with Crippen molar-refractivity contribution >= 4 is 23.5 Å². The number of rotatable bonds is 7. The normalized spacial score (nSPS) is 13.5. The van der Waals surface area contributed by atoms with E-state index in [1.165, 1.54) is 33.5 Å². The van der Waals surface area contributed by atoms with Crippen LogP contribution in [0.3, 0.4) is 0 Å². The molecule has 0 radical (unpaired) electrons. The molecular formula is C26H22ClFO6. The molecule has 0 saturated heterocycles. The van der Waals surface area contributed by atoms with E-state index in [-0.39, 0.29) is 28.7 Å². The zero-order valence-corrected chi connectivity index (χ0v) is 19.8. The summed E-state index contributed by atoms with van der Waals surface area (Å²) in [5, 5.41) is 0.276. The average molecular weight is 485 g/mol. The first-order valence-electron chi connectivity index (χ1n) is 10.3. The number of halogens is 2. The van der Waals surface area contributed by atoms with Crippen LogP contribution in [0.1, 0.15) is 27.0 Å². The zero-order chi connectivity index (χ0) is 24.4. The number of allylic oxidation sites excluding steroid dienone is 1. The summed E-state index contributed by atoms with van der Waals surface area (Å²) in [6.45, 7) is 1.71. The van der Waals surface area contributed by atoms with Gasteiger partial charge in [-0.2, -0.15) is 0 Å². The van der Waals surface area contributed by atoms with Crippen LogP contribution in [0.4, 0.5) is 4.39 Å². The summed E-state index contributed by atoms with van der Waals surface area (Å²) >= 11 is 6.08. The molecule has 0 bridgehead atoms. The summed E-state index contributed by atoms with van der Waals surface area (Å²) in [7, 11) is 4.53. The number of ketones is 1. The van der Waals surface area contributed by atoms with Crippen molar-refractivity contribution in [2.24, 2.45) is 0 Å². The first-order chi connectivity index (χ1) is 16.4. The Balaban J connectivity index is 1.63. The second kappa shape index (κ2) is 9.65. The number of fused-ring (bicyclic) bond motifs is 1. The topological polar surface area (TPSA) is 63.2 Å². The maximum absolute atomic E-state index is 14.1. The number of Topliss-reactive ketones (excluding diaryl/α,β-unsaturated/α-hetero) is 1. The van der Waals surface area contributed by atoms with Gasteiger partial charge >= 0.3 is 0 Å². The van der Waals surface area contributed by atoms with Crippen molar-refractivity contribution in [1.82, 2.24) is 0 Å². The standard InChI is InChI=1S/C26H22ClFO6/c1-14-10-16(33-13-17-18(27)6-5-7-19(17)28)12-21-23(14)24(29)22(34-21)11-15-8-9-20(30-2)26(32-4)25(15)31-3/h5-12H,13H2,1-4H3/b22-11-. The van der Waals surface area contributed by atoms with E-state index >= 15 is 0 Å². The lowest BCUT2D eigenvalue weighted by molar-refractivity contribution is 0.101. The Labute approximate surface area is 201 Å². The number of benzene rings is 3. The average Bonchev–Trinajstić information content (AvgIpc) is 3.13. The van der Waals surface area contributed by atoms with Gasteiger partial charge in [-0.15, -0.1) is 0 Å². The maximum Gasteiger partial charge on any atom is 0.232 e. The number of carbonyl (C=O) groups excluding carboxylic acids is 1. The van der Waals surface area contributed by atoms with Crippen molar-refractivity contribution in [2.75, 3.05) is 21.3 Å². The van der Waals surface area contributed by atoms with Crippen molar-refractivity contribution in [3.8, 4) is 28.7 Å². The molecule has 0 unspecified atom stereocenters. The van der Waals surface area contributed by atoms with E-state index in [0.717, 1.165) is 0 Å². The lowest BCUT2D eigenvalue weighted by Crippen LogP contribution is -2.02. The fraction of sp³-hybridized carbons (Fsp3) is 0.192. The first-order valence-corrected chi connectivity index (χ1v) is 10.7. The van der Waals surface area contributed by atoms with Crippen LogP contribution in [-0.4, -0.2) is 27.1 Å². The third kappa shape index (κ3) is 4.26. The van der Waals surface area contributed by atoms with E-state index in [4.69, 9.17) is 35.3 Å². The van der Waals surface area contributed by atoms with Gasteiger partial charge in [0.25, 0.3) is 0 Å². The minimum atomic E-state index is -0.453. The van der Waals surface area contributed by atoms with Crippen LogP contribution < -0.4 is 23.7 Å². The third-order valence-corrected chi connectivity index (χ3v) is 5.76. The summed E-state index contributed by atoms with van der Waals surface area (Å²) < 4.78 is 41.9. The molecule has 0 aliphatic carbocycles. The molecule has 3 aromatic rings. The van der Waals surface area contributed by atoms with E-state index in [1.54, 1.807) is 43.3 Å². The molecule has 1 aliphatic heterocycles. The van der Waals surface area contributed by atoms with Crippen molar-refractivity contribution in [2.45, 2.75) is 13.5 Å². The van der Waals surface area contributed by atoms with Gasteiger partial charge in [-0.25, -0.2) is 4.39 Å². The predicted molar refractivity (Wildman–Crippen MR) is 126 cm³/mol. The van der Waals surface area contributed by atoms with Gasteiger partial charge in [-0.3, -0.25) is 4.79 Å². The highest BCUT2D eigenvalue weighted by molar-refractivity contribution is 6.31. The summed E-state index contributed by atoms with van der Waals surface area (Å²) in [5.41, 5.74) is 1.93. The minimum Gasteiger partial charge on any atom is -0.493 e. The van der Waals surface area contributed by atoms with Gasteiger partial charge in [0, 0.05) is 17.2 Å². The Kier molecular flexibility index (Phi) is 6.65. The van der Waals surface area contributed by atoms with Gasteiger partial charge < -0.3 is 23.7 Å². The highest BCUT2D eigenvalue weighted by Crippen LogP contribution is 2.42. The lowest BCUT2D eigenvalue weighted by atomic mass is 10.0. The Morgan fingerprint density at radius 1 is 1.03 bits per heavy atom. The second-order valence-corrected chi connectivity index (χ2v) is 7.87. The molecule has 0 saturated carbocycles. The highest BCUT2D eigenvalue weighted by Gasteiger charge is 2.31. The fourth-order valence-corrected chi connectivity index (χ4v) is 3.98. The number of aryl methyl sites for hydroxylation is 1. The van der Waals surface area contributed by atoms with Crippen LogP contribution in [0.2, 0.25) is 5.02 Å². The molecule has 0 fully saturated rings. The molecular weight excluding hydrogens is 463 g/mol. The zero-order valence-electron chi connectivity index (χ0n) is 19.0. The van der Waals surface area contributed by atoms with E-state index in [2.05, 4.69) is 0 Å². The molecule has 0 N–H and O–H groups in total. The van der Waals surface area contributed by atoms with Crippen LogP contribution in [0, 0.1) is 12.7 Å². The summed E-state index contributed by atoms with van der Waals surface area (Å²) in [4.78, 5) is 13.1. The minimum absolute atomic E-state index is 0.0663. The number of methoxy groups -OCH3 is 3. The van der Waals surface area contributed by atoms with E-state index in [0.29, 0.717) is 45.4 Å². The monoisotopic (exact) mass is 484 g/mol. The van der Waals surface area contributed by atoms with Crippen molar-refractivity contribution in [1.29, 1.82) is 0 Å². The highest BCUT2D eigenvalue weighted by atomic mass is 35.5. The smallest absolute Gasteiger partial charge is 0.232 e. The Morgan fingerprint density at radius 3 is 2.47 bits per heavy atom. The van der Waals surface area contributed by atoms with Crippen LogP contribution in [-0.2, 0) is 6.61 Å². The van der Waals surface area contributed by atoms with Crippen LogP contribution in [0.25, 0.3) is 6.08 Å². The number of ether oxygens (including phenoxy) is 5. The van der Waals surface area contributed by atoms with Gasteiger partial charge in [0.15, 0.2) is 17.3 Å². The molecule has 0 spiro atoms. The molecule has 34 heavy (non-hydrogen) atoms. The van der Waals surface area contributed by atoms with E-state index in [1.807, 2.05) is 0 Å². The molecule has 1 aliphatic rings. The maximum atomic E-state index is 14.1. The molecule has 8 heteroatoms. The van der Waals surface area contributed by atoms with Crippen molar-refractivity contribution in [3.05, 3.63) is 81.3 Å². The van der Waals surface area contributed by atoms with E-state index in [9.17, 15) is 9.18 Å². The predicted octanol–water partition coefficient (Wildman–Crippen LogP) is 6.01. The fourth-order valence-electron chi connectivity index (χ4n) is 3.77. The van der Waals surface area contributed by atoms with Gasteiger partial charge in [0.1, 0.15) is 23.9 Å². The molecule has 4 rings (SSSR count). The van der Waals surface area contributed by atoms with Gasteiger partial charge in [-0.1, -0.05) is 17.7 Å². The van der Waals surface area contributed by atoms with Crippen LogP contribution >= 0.6 is 11.6 Å². The molecule has 0 atom stereocenters. The summed E-state index contributed by atoms with van der Waals surface area (Å²) in [5.74, 6) is 1.48. The SMILES string of the molecule is COc1ccc(/C=C2\Oc3cc(OCc4c(F)cccc4Cl)cc(C)c3C2=O)c(OC)c1OC. The molecule has 6 nitrogen and oxygen atoms in total.